The molecule has 1 aliphatic heterocycles. The third kappa shape index (κ3) is 3.45. The van der Waals surface area contributed by atoms with Gasteiger partial charge in [-0.25, -0.2) is 0 Å². The summed E-state index contributed by atoms with van der Waals surface area (Å²) in [5, 5.41) is 0. The molecule has 0 radical (unpaired) electrons. The minimum Gasteiger partial charge on any atom is -0.392 e. The van der Waals surface area contributed by atoms with Crippen molar-refractivity contribution < 1.29 is 0 Å². The van der Waals surface area contributed by atoms with Gasteiger partial charge in [-0.15, -0.1) is 0 Å². The molecule has 1 aliphatic carbocycles. The van der Waals surface area contributed by atoms with E-state index in [4.69, 9.17) is 18.0 Å². The van der Waals surface area contributed by atoms with Crippen LogP contribution in [0.3, 0.4) is 0 Å². The fourth-order valence-electron chi connectivity index (χ4n) is 3.77. The fraction of sp³-hybridized carbons (Fsp3) is 0.933. The maximum Gasteiger partial charge on any atom is 0.0891 e. The molecule has 0 aromatic carbocycles. The van der Waals surface area contributed by atoms with Crippen LogP contribution >= 0.6 is 24.0 Å². The van der Waals surface area contributed by atoms with Crippen molar-refractivity contribution in [3.63, 3.8) is 0 Å². The van der Waals surface area contributed by atoms with Crippen LogP contribution < -0.4 is 5.73 Å². The van der Waals surface area contributed by atoms with Gasteiger partial charge in [0.15, 0.2) is 0 Å². The van der Waals surface area contributed by atoms with E-state index in [0.29, 0.717) is 0 Å². The smallest absolute Gasteiger partial charge is 0.0891 e. The molecule has 2 atom stereocenters. The van der Waals surface area contributed by atoms with E-state index >= 15 is 0 Å². The largest absolute Gasteiger partial charge is 0.392 e. The Kier molecular flexibility index (Phi) is 5.55. The molecule has 0 bridgehead atoms. The summed E-state index contributed by atoms with van der Waals surface area (Å²) in [6.45, 7) is 4.70. The summed E-state index contributed by atoms with van der Waals surface area (Å²) in [5.41, 5.74) is 5.97. The molecule has 2 unspecified atom stereocenters. The number of rotatable bonds is 4. The number of thioether (sulfide) groups is 1. The molecular formula is C15H28N2S2. The number of likely N-dealkylation sites (tertiary alicyclic amines) is 1. The Hall–Kier alpha value is 0.200. The van der Waals surface area contributed by atoms with E-state index in [1.54, 1.807) is 0 Å². The number of nitrogens with zero attached hydrogens (tertiary/aromatic N) is 1. The van der Waals surface area contributed by atoms with Gasteiger partial charge in [-0.2, -0.15) is 11.8 Å². The Morgan fingerprint density at radius 2 is 2.05 bits per heavy atom. The Labute approximate surface area is 127 Å². The fourth-order valence-corrected chi connectivity index (χ4v) is 5.01. The Morgan fingerprint density at radius 3 is 2.58 bits per heavy atom. The molecule has 1 saturated carbocycles. The van der Waals surface area contributed by atoms with Gasteiger partial charge in [-0.1, -0.05) is 38.4 Å². The Balaban J connectivity index is 1.90. The van der Waals surface area contributed by atoms with Gasteiger partial charge in [-0.05, 0) is 37.9 Å². The van der Waals surface area contributed by atoms with Crippen molar-refractivity contribution in [1.82, 2.24) is 4.90 Å². The van der Waals surface area contributed by atoms with Crippen molar-refractivity contribution in [3.05, 3.63) is 0 Å². The first-order valence-electron chi connectivity index (χ1n) is 7.70. The lowest BCUT2D eigenvalue weighted by atomic mass is 9.82. The summed E-state index contributed by atoms with van der Waals surface area (Å²) in [7, 11) is 0. The molecule has 0 aromatic rings. The second kappa shape index (κ2) is 6.77. The first kappa shape index (κ1) is 15.6. The molecular weight excluding hydrogens is 272 g/mol. The van der Waals surface area contributed by atoms with Gasteiger partial charge in [0.2, 0.25) is 0 Å². The highest BCUT2D eigenvalue weighted by molar-refractivity contribution is 8.02. The third-order valence-corrected chi connectivity index (χ3v) is 7.22. The van der Waals surface area contributed by atoms with Crippen LogP contribution in [0.1, 0.15) is 51.9 Å². The van der Waals surface area contributed by atoms with E-state index in [9.17, 15) is 0 Å². The van der Waals surface area contributed by atoms with Gasteiger partial charge in [0.25, 0.3) is 0 Å². The quantitative estimate of drug-likeness (QED) is 0.805. The number of hydrogen-bond donors (Lipinski definition) is 1. The second-order valence-electron chi connectivity index (χ2n) is 6.19. The number of thiocarbonyl (C=S) groups is 1. The molecule has 1 saturated heterocycles. The van der Waals surface area contributed by atoms with Crippen molar-refractivity contribution in [2.45, 2.75) is 62.7 Å². The van der Waals surface area contributed by atoms with Crippen LogP contribution in [-0.4, -0.2) is 40.0 Å². The average Bonchev–Trinajstić information content (AvgIpc) is 2.47. The van der Waals surface area contributed by atoms with Crippen LogP contribution in [-0.2, 0) is 0 Å². The van der Waals surface area contributed by atoms with Crippen LogP contribution in [0.4, 0.5) is 0 Å². The van der Waals surface area contributed by atoms with Gasteiger partial charge in [0.05, 0.1) is 9.74 Å². The molecule has 0 aromatic heterocycles. The number of nitrogens with two attached hydrogens (primary N) is 1. The molecule has 19 heavy (non-hydrogen) atoms. The second-order valence-corrected chi connectivity index (χ2v) is 7.82. The van der Waals surface area contributed by atoms with Gasteiger partial charge in [0.1, 0.15) is 0 Å². The summed E-state index contributed by atoms with van der Waals surface area (Å²) in [6.07, 6.45) is 11.5. The lowest BCUT2D eigenvalue weighted by Gasteiger charge is -2.45. The predicted octanol–water partition coefficient (Wildman–Crippen LogP) is 3.44. The Bertz CT molecular complexity index is 311. The average molecular weight is 301 g/mol. The first-order chi connectivity index (χ1) is 9.11. The topological polar surface area (TPSA) is 29.3 Å². The van der Waals surface area contributed by atoms with Crippen molar-refractivity contribution in [2.24, 2.45) is 11.7 Å². The molecule has 2 fully saturated rings. The van der Waals surface area contributed by atoms with Crippen molar-refractivity contribution >= 4 is 29.0 Å². The lowest BCUT2D eigenvalue weighted by molar-refractivity contribution is 0.104. The zero-order valence-electron chi connectivity index (χ0n) is 12.4. The molecule has 4 heteroatoms. The van der Waals surface area contributed by atoms with E-state index in [0.717, 1.165) is 29.8 Å². The van der Waals surface area contributed by atoms with Crippen LogP contribution in [0, 0.1) is 5.92 Å². The van der Waals surface area contributed by atoms with Crippen molar-refractivity contribution in [3.8, 4) is 0 Å². The summed E-state index contributed by atoms with van der Waals surface area (Å²) in [6, 6.07) is 0.824. The monoisotopic (exact) mass is 300 g/mol. The summed E-state index contributed by atoms with van der Waals surface area (Å²) < 4.78 is 0.0741. The van der Waals surface area contributed by atoms with Crippen molar-refractivity contribution in [2.75, 3.05) is 19.3 Å². The molecule has 110 valence electrons. The van der Waals surface area contributed by atoms with Crippen molar-refractivity contribution in [1.29, 1.82) is 0 Å². The summed E-state index contributed by atoms with van der Waals surface area (Å²) >= 11 is 7.16. The number of hydrogen-bond acceptors (Lipinski definition) is 3. The molecule has 2 rings (SSSR count). The van der Waals surface area contributed by atoms with Crippen LogP contribution in [0.25, 0.3) is 0 Å². The zero-order valence-corrected chi connectivity index (χ0v) is 14.0. The molecule has 0 spiro atoms. The summed E-state index contributed by atoms with van der Waals surface area (Å²) in [5.74, 6) is 0.960. The van der Waals surface area contributed by atoms with Gasteiger partial charge >= 0.3 is 0 Å². The minimum absolute atomic E-state index is 0.0741. The molecule has 0 amide bonds. The lowest BCUT2D eigenvalue weighted by Crippen LogP contribution is -2.52. The molecule has 2 aliphatic rings. The minimum atomic E-state index is 0.0741. The highest BCUT2D eigenvalue weighted by Crippen LogP contribution is 2.38. The third-order valence-electron chi connectivity index (χ3n) is 5.29. The van der Waals surface area contributed by atoms with Crippen LogP contribution in [0.2, 0.25) is 0 Å². The van der Waals surface area contributed by atoms with E-state index in [1.165, 1.54) is 45.2 Å². The van der Waals surface area contributed by atoms with E-state index < -0.39 is 0 Å². The highest BCUT2D eigenvalue weighted by atomic mass is 32.2. The maximum atomic E-state index is 5.97. The first-order valence-corrected chi connectivity index (χ1v) is 9.33. The SMILES string of the molecule is CCC1CCCC(N2CCC(SC)(C(N)=S)CC2)C1. The molecule has 2 nitrogen and oxygen atoms in total. The normalized spacial score (nSPS) is 32.1. The van der Waals surface area contributed by atoms with Gasteiger partial charge < -0.3 is 10.6 Å². The maximum absolute atomic E-state index is 5.97. The highest BCUT2D eigenvalue weighted by Gasteiger charge is 2.38. The van der Waals surface area contributed by atoms with E-state index in [-0.39, 0.29) is 4.75 Å². The van der Waals surface area contributed by atoms with Gasteiger partial charge in [-0.3, -0.25) is 0 Å². The van der Waals surface area contributed by atoms with Gasteiger partial charge in [0, 0.05) is 19.1 Å². The Morgan fingerprint density at radius 1 is 1.37 bits per heavy atom. The van der Waals surface area contributed by atoms with E-state index in [1.807, 2.05) is 11.8 Å². The summed E-state index contributed by atoms with van der Waals surface area (Å²) in [4.78, 5) is 3.43. The predicted molar refractivity (Wildman–Crippen MR) is 89.9 cm³/mol. The zero-order chi connectivity index (χ0) is 13.9. The molecule has 1 heterocycles. The van der Waals surface area contributed by atoms with Crippen LogP contribution in [0.15, 0.2) is 0 Å². The number of piperidine rings is 1. The molecule has 2 N–H and O–H groups in total. The van der Waals surface area contributed by atoms with Crippen LogP contribution in [0.5, 0.6) is 0 Å². The van der Waals surface area contributed by atoms with E-state index in [2.05, 4.69) is 18.1 Å². The standard InChI is InChI=1S/C15H28N2S2/c1-3-12-5-4-6-13(11-12)17-9-7-15(19-2,8-10-17)14(16)18/h12-13H,3-11H2,1-2H3,(H2,16,18).